The van der Waals surface area contributed by atoms with Crippen LogP contribution in [0.1, 0.15) is 45.1 Å². The van der Waals surface area contributed by atoms with Crippen LogP contribution >= 0.6 is 11.6 Å². The minimum atomic E-state index is -2.89. The minimum Gasteiger partial charge on any atom is -0.350 e. The highest BCUT2D eigenvalue weighted by Gasteiger charge is 2.50. The van der Waals surface area contributed by atoms with Gasteiger partial charge in [-0.1, -0.05) is 17.7 Å². The molecule has 0 unspecified atom stereocenters. The summed E-state index contributed by atoms with van der Waals surface area (Å²) in [5, 5.41) is 8.42. The summed E-state index contributed by atoms with van der Waals surface area (Å²) in [5.41, 5.74) is 2.08. The fraction of sp³-hybridized carbons (Fsp3) is 0.409. The van der Waals surface area contributed by atoms with Crippen LogP contribution in [0.5, 0.6) is 0 Å². The Bertz CT molecular complexity index is 1240. The van der Waals surface area contributed by atoms with Crippen molar-refractivity contribution in [1.29, 1.82) is 0 Å². The first-order chi connectivity index (χ1) is 15.8. The lowest BCUT2D eigenvalue weighted by molar-refractivity contribution is -0.141. The first-order valence-corrected chi connectivity index (χ1v) is 11.0. The quantitative estimate of drug-likeness (QED) is 0.567. The standard InChI is InChI=1S/C22H22ClF2N5O3/c1-29(22(6-7-22)11-33-21(24)25)20(32)18-13-10-30(8-5-16(13)27-28-18)19(31)17-9-12-14(23)3-2-4-15(12)26-17/h2-4,9,21,26H,5-8,10-11H2,1H3,(H,27,28). The van der Waals surface area contributed by atoms with E-state index in [0.29, 0.717) is 42.1 Å². The van der Waals surface area contributed by atoms with Gasteiger partial charge in [0.1, 0.15) is 5.69 Å². The first-order valence-electron chi connectivity index (χ1n) is 10.6. The van der Waals surface area contributed by atoms with E-state index in [1.165, 1.54) is 4.90 Å². The molecule has 1 aromatic carbocycles. The molecule has 1 aliphatic carbocycles. The zero-order chi connectivity index (χ0) is 23.3. The summed E-state index contributed by atoms with van der Waals surface area (Å²) in [6.07, 6.45) is 1.69. The largest absolute Gasteiger partial charge is 0.350 e. The third kappa shape index (κ3) is 3.87. The number of aromatic amines is 2. The summed E-state index contributed by atoms with van der Waals surface area (Å²) in [6, 6.07) is 7.14. The lowest BCUT2D eigenvalue weighted by Crippen LogP contribution is -2.43. The third-order valence-corrected chi connectivity index (χ3v) is 6.92. The van der Waals surface area contributed by atoms with E-state index in [2.05, 4.69) is 19.9 Å². The van der Waals surface area contributed by atoms with Crippen molar-refractivity contribution in [3.8, 4) is 0 Å². The number of H-pyrrole nitrogens is 2. The Labute approximate surface area is 192 Å². The number of halogens is 3. The molecule has 3 heterocycles. The van der Waals surface area contributed by atoms with Crippen molar-refractivity contribution in [1.82, 2.24) is 25.0 Å². The Balaban J connectivity index is 1.35. The minimum absolute atomic E-state index is 0.202. The van der Waals surface area contributed by atoms with Crippen LogP contribution in [0.3, 0.4) is 0 Å². The summed E-state index contributed by atoms with van der Waals surface area (Å²) in [7, 11) is 1.57. The Morgan fingerprint density at radius 1 is 1.36 bits per heavy atom. The molecule has 2 amide bonds. The van der Waals surface area contributed by atoms with Crippen molar-refractivity contribution in [3.63, 3.8) is 0 Å². The van der Waals surface area contributed by atoms with E-state index in [-0.39, 0.29) is 30.7 Å². The van der Waals surface area contributed by atoms with Crippen LogP contribution in [0.2, 0.25) is 5.02 Å². The number of carbonyl (C=O) groups excluding carboxylic acids is 2. The Morgan fingerprint density at radius 3 is 2.85 bits per heavy atom. The molecule has 2 N–H and O–H groups in total. The zero-order valence-corrected chi connectivity index (χ0v) is 18.6. The number of hydrogen-bond donors (Lipinski definition) is 2. The van der Waals surface area contributed by atoms with E-state index in [4.69, 9.17) is 11.6 Å². The SMILES string of the molecule is CN(C(=O)c1n[nH]c2c1CN(C(=O)c1cc3c(Cl)cccc3[nH]1)CC2)C1(COC(F)F)CC1. The molecule has 11 heteroatoms. The van der Waals surface area contributed by atoms with Crippen molar-refractivity contribution >= 4 is 34.3 Å². The van der Waals surface area contributed by atoms with Gasteiger partial charge < -0.3 is 19.5 Å². The Morgan fingerprint density at radius 2 is 2.15 bits per heavy atom. The Hall–Kier alpha value is -2.98. The molecule has 1 saturated carbocycles. The van der Waals surface area contributed by atoms with Gasteiger partial charge in [0.05, 0.1) is 18.7 Å². The molecule has 3 aromatic rings. The molecule has 0 spiro atoms. The molecule has 0 atom stereocenters. The Kier molecular flexibility index (Phi) is 5.37. The molecule has 5 rings (SSSR count). The molecule has 1 aliphatic heterocycles. The van der Waals surface area contributed by atoms with Gasteiger partial charge in [-0.05, 0) is 31.0 Å². The topological polar surface area (TPSA) is 94.3 Å². The van der Waals surface area contributed by atoms with Gasteiger partial charge in [-0.2, -0.15) is 13.9 Å². The van der Waals surface area contributed by atoms with E-state index in [1.54, 1.807) is 30.1 Å². The highest BCUT2D eigenvalue weighted by atomic mass is 35.5. The van der Waals surface area contributed by atoms with Gasteiger partial charge in [0.25, 0.3) is 11.8 Å². The first kappa shape index (κ1) is 21.8. The fourth-order valence-corrected chi connectivity index (χ4v) is 4.59. The van der Waals surface area contributed by atoms with Crippen molar-refractivity contribution in [2.45, 2.75) is 38.0 Å². The number of benzene rings is 1. The number of aromatic nitrogens is 3. The molecule has 174 valence electrons. The van der Waals surface area contributed by atoms with Gasteiger partial charge in [-0.3, -0.25) is 14.7 Å². The number of likely N-dealkylation sites (N-methyl/N-ethyl adjacent to an activating group) is 1. The molecular weight excluding hydrogens is 456 g/mol. The van der Waals surface area contributed by atoms with Crippen molar-refractivity contribution < 1.29 is 23.1 Å². The van der Waals surface area contributed by atoms with E-state index in [9.17, 15) is 18.4 Å². The summed E-state index contributed by atoms with van der Waals surface area (Å²) >= 11 is 6.23. The maximum absolute atomic E-state index is 13.2. The second-order valence-electron chi connectivity index (χ2n) is 8.55. The summed E-state index contributed by atoms with van der Waals surface area (Å²) in [5.74, 6) is -0.584. The zero-order valence-electron chi connectivity index (χ0n) is 17.8. The molecule has 0 radical (unpaired) electrons. The van der Waals surface area contributed by atoms with Crippen molar-refractivity contribution in [2.75, 3.05) is 20.2 Å². The van der Waals surface area contributed by atoms with E-state index in [1.807, 2.05) is 6.07 Å². The van der Waals surface area contributed by atoms with Crippen LogP contribution in [0, 0.1) is 0 Å². The van der Waals surface area contributed by atoms with Crippen molar-refractivity contribution in [2.24, 2.45) is 0 Å². The number of rotatable bonds is 6. The number of hydrogen-bond acceptors (Lipinski definition) is 4. The van der Waals surface area contributed by atoms with Crippen molar-refractivity contribution in [3.05, 3.63) is 51.9 Å². The number of carbonyl (C=O) groups is 2. The van der Waals surface area contributed by atoms with Gasteiger partial charge in [0, 0.05) is 47.2 Å². The second-order valence-corrected chi connectivity index (χ2v) is 8.96. The normalized spacial score (nSPS) is 16.8. The van der Waals surface area contributed by atoms with E-state index < -0.39 is 12.2 Å². The molecule has 33 heavy (non-hydrogen) atoms. The number of ether oxygens (including phenoxy) is 1. The van der Waals surface area contributed by atoms with Gasteiger partial charge >= 0.3 is 6.61 Å². The molecule has 2 aliphatic rings. The molecule has 0 bridgehead atoms. The molecular formula is C22H22ClF2N5O3. The lowest BCUT2D eigenvalue weighted by atomic mass is 10.0. The molecule has 1 fully saturated rings. The maximum Gasteiger partial charge on any atom is 0.345 e. The van der Waals surface area contributed by atoms with Crippen LogP contribution in [-0.4, -0.2) is 69.1 Å². The second kappa shape index (κ2) is 8.11. The van der Waals surface area contributed by atoms with E-state index >= 15 is 0 Å². The number of fused-ring (bicyclic) bond motifs is 2. The molecule has 2 aromatic heterocycles. The average molecular weight is 478 g/mol. The summed E-state index contributed by atoms with van der Waals surface area (Å²) < 4.78 is 29.5. The van der Waals surface area contributed by atoms with Gasteiger partial charge in [0.2, 0.25) is 0 Å². The van der Waals surface area contributed by atoms with Crippen LogP contribution in [-0.2, 0) is 17.7 Å². The smallest absolute Gasteiger partial charge is 0.345 e. The summed E-state index contributed by atoms with van der Waals surface area (Å²) in [6.45, 7) is -2.44. The number of amides is 2. The van der Waals surface area contributed by atoms with Gasteiger partial charge in [-0.25, -0.2) is 0 Å². The number of alkyl halides is 2. The maximum atomic E-state index is 13.2. The summed E-state index contributed by atoms with van der Waals surface area (Å²) in [4.78, 5) is 32.6. The predicted octanol–water partition coefficient (Wildman–Crippen LogP) is 3.59. The van der Waals surface area contributed by atoms with Crippen LogP contribution in [0.25, 0.3) is 10.9 Å². The predicted molar refractivity (Wildman–Crippen MR) is 116 cm³/mol. The lowest BCUT2D eigenvalue weighted by Gasteiger charge is -2.29. The fourth-order valence-electron chi connectivity index (χ4n) is 4.36. The van der Waals surface area contributed by atoms with Crippen LogP contribution in [0.4, 0.5) is 8.78 Å². The van der Waals surface area contributed by atoms with Crippen LogP contribution in [0.15, 0.2) is 24.3 Å². The average Bonchev–Trinajstić information content (AvgIpc) is 3.27. The van der Waals surface area contributed by atoms with Gasteiger partial charge in [-0.15, -0.1) is 0 Å². The molecule has 0 saturated heterocycles. The highest BCUT2D eigenvalue weighted by Crippen LogP contribution is 2.42. The highest BCUT2D eigenvalue weighted by molar-refractivity contribution is 6.35. The number of nitrogens with one attached hydrogen (secondary N) is 2. The van der Waals surface area contributed by atoms with E-state index in [0.717, 1.165) is 16.6 Å². The van der Waals surface area contributed by atoms with Gasteiger partial charge in [0.15, 0.2) is 5.69 Å². The monoisotopic (exact) mass is 477 g/mol. The van der Waals surface area contributed by atoms with Crippen LogP contribution < -0.4 is 0 Å². The number of nitrogens with zero attached hydrogens (tertiary/aromatic N) is 3. The molecule has 8 nitrogen and oxygen atoms in total. The third-order valence-electron chi connectivity index (χ3n) is 6.59.